The molecule has 0 aliphatic rings. The van der Waals surface area contributed by atoms with E-state index in [1.807, 2.05) is 32.0 Å². The minimum Gasteiger partial charge on any atom is -0.493 e. The zero-order chi connectivity index (χ0) is 22.4. The van der Waals surface area contributed by atoms with Crippen LogP contribution in [0.3, 0.4) is 0 Å². The van der Waals surface area contributed by atoms with Gasteiger partial charge in [0.15, 0.2) is 11.5 Å². The van der Waals surface area contributed by atoms with Crippen LogP contribution < -0.4 is 20.3 Å². The normalized spacial score (nSPS) is 10.6. The average Bonchev–Trinajstić information content (AvgIpc) is 3.20. The molecule has 162 valence electrons. The van der Waals surface area contributed by atoms with Crippen molar-refractivity contribution in [3.8, 4) is 22.1 Å². The molecular weight excluding hydrogens is 438 g/mol. The van der Waals surface area contributed by atoms with E-state index in [0.29, 0.717) is 27.8 Å². The third-order valence-corrected chi connectivity index (χ3v) is 5.36. The van der Waals surface area contributed by atoms with Gasteiger partial charge >= 0.3 is 0 Å². The van der Waals surface area contributed by atoms with Crippen LogP contribution in [0.1, 0.15) is 29.9 Å². The predicted molar refractivity (Wildman–Crippen MR) is 121 cm³/mol. The molecule has 0 aliphatic heterocycles. The van der Waals surface area contributed by atoms with E-state index >= 15 is 0 Å². The van der Waals surface area contributed by atoms with Crippen molar-refractivity contribution in [1.29, 1.82) is 0 Å². The number of thiazole rings is 1. The molecule has 0 bridgehead atoms. The lowest BCUT2D eigenvalue weighted by molar-refractivity contribution is -0.121. The van der Waals surface area contributed by atoms with Crippen LogP contribution >= 0.6 is 22.9 Å². The monoisotopic (exact) mass is 459 g/mol. The van der Waals surface area contributed by atoms with Gasteiger partial charge in [0.05, 0.1) is 30.4 Å². The number of benzene rings is 2. The zero-order valence-corrected chi connectivity index (χ0v) is 18.8. The average molecular weight is 460 g/mol. The fraction of sp³-hybridized carbons (Fsp3) is 0.227. The quantitative estimate of drug-likeness (QED) is 0.515. The largest absolute Gasteiger partial charge is 0.493 e. The molecule has 3 aromatic rings. The van der Waals surface area contributed by atoms with Gasteiger partial charge in [-0.3, -0.25) is 20.4 Å². The van der Waals surface area contributed by atoms with Gasteiger partial charge in [0.1, 0.15) is 5.01 Å². The molecule has 0 fully saturated rings. The fourth-order valence-electron chi connectivity index (χ4n) is 2.71. The number of carbonyl (C=O) groups excluding carboxylic acids is 2. The number of methoxy groups -OCH3 is 1. The summed E-state index contributed by atoms with van der Waals surface area (Å²) in [6.45, 7) is 3.80. The molecule has 0 aliphatic carbocycles. The molecule has 0 radical (unpaired) electrons. The number of carbonyl (C=O) groups is 2. The fourth-order valence-corrected chi connectivity index (χ4v) is 3.85. The van der Waals surface area contributed by atoms with Gasteiger partial charge in [0.25, 0.3) is 5.91 Å². The van der Waals surface area contributed by atoms with Crippen LogP contribution in [0.4, 0.5) is 0 Å². The summed E-state index contributed by atoms with van der Waals surface area (Å²) < 4.78 is 10.9. The molecule has 31 heavy (non-hydrogen) atoms. The third-order valence-electron chi connectivity index (χ3n) is 4.10. The molecule has 0 atom stereocenters. The minimum atomic E-state index is -0.474. The lowest BCUT2D eigenvalue weighted by Crippen LogP contribution is -2.42. The summed E-state index contributed by atoms with van der Waals surface area (Å²) in [7, 11) is 1.50. The molecular formula is C22H22ClN3O4S. The molecule has 9 heteroatoms. The first-order chi connectivity index (χ1) is 14.9. The van der Waals surface area contributed by atoms with Gasteiger partial charge in [-0.2, -0.15) is 0 Å². The number of nitrogens with zero attached hydrogens (tertiary/aromatic N) is 1. The van der Waals surface area contributed by atoms with Crippen LogP contribution in [-0.2, 0) is 11.2 Å². The van der Waals surface area contributed by atoms with Gasteiger partial charge in [-0.05, 0) is 38.1 Å². The van der Waals surface area contributed by atoms with E-state index in [9.17, 15) is 9.59 Å². The Kier molecular flexibility index (Phi) is 7.49. The highest BCUT2D eigenvalue weighted by Crippen LogP contribution is 2.30. The standard InChI is InChI=1S/C22H22ClN3O4S/c1-13(2)30-18-9-8-14(10-19(18)29-3)21(28)26-25-20(27)11-15-12-31-22(24-15)16-6-4-5-7-17(16)23/h4-10,12-13H,11H2,1-3H3,(H,25,27)(H,26,28). The number of hydrazine groups is 1. The number of nitrogens with one attached hydrogen (secondary N) is 2. The molecule has 0 saturated heterocycles. The van der Waals surface area contributed by atoms with Crippen LogP contribution in [0.25, 0.3) is 10.6 Å². The highest BCUT2D eigenvalue weighted by Gasteiger charge is 2.14. The van der Waals surface area contributed by atoms with Gasteiger partial charge in [-0.15, -0.1) is 11.3 Å². The highest BCUT2D eigenvalue weighted by atomic mass is 35.5. The lowest BCUT2D eigenvalue weighted by Gasteiger charge is -2.14. The van der Waals surface area contributed by atoms with E-state index in [4.69, 9.17) is 21.1 Å². The second kappa shape index (κ2) is 10.3. The van der Waals surface area contributed by atoms with Gasteiger partial charge in [-0.25, -0.2) is 4.98 Å². The smallest absolute Gasteiger partial charge is 0.269 e. The number of halogens is 1. The second-order valence-electron chi connectivity index (χ2n) is 6.84. The van der Waals surface area contributed by atoms with Crippen LogP contribution in [0.5, 0.6) is 11.5 Å². The lowest BCUT2D eigenvalue weighted by atomic mass is 10.2. The first-order valence-corrected chi connectivity index (χ1v) is 10.8. The molecule has 1 aromatic heterocycles. The zero-order valence-electron chi connectivity index (χ0n) is 17.3. The molecule has 0 unspecified atom stereocenters. The number of aromatic nitrogens is 1. The molecule has 3 rings (SSSR count). The van der Waals surface area contributed by atoms with E-state index in [-0.39, 0.29) is 12.5 Å². The molecule has 1 heterocycles. The van der Waals surface area contributed by atoms with E-state index in [1.54, 1.807) is 29.6 Å². The number of rotatable bonds is 7. The van der Waals surface area contributed by atoms with E-state index in [0.717, 1.165) is 10.6 Å². The van der Waals surface area contributed by atoms with Crippen molar-refractivity contribution in [2.24, 2.45) is 0 Å². The first-order valence-electron chi connectivity index (χ1n) is 9.50. The maximum absolute atomic E-state index is 12.4. The maximum Gasteiger partial charge on any atom is 0.269 e. The maximum atomic E-state index is 12.4. The SMILES string of the molecule is COc1cc(C(=O)NNC(=O)Cc2csc(-c3ccccc3Cl)n2)ccc1OC(C)C. The molecule has 7 nitrogen and oxygen atoms in total. The Hall–Kier alpha value is -3.10. The number of ether oxygens (including phenoxy) is 2. The van der Waals surface area contributed by atoms with Gasteiger partial charge in [0.2, 0.25) is 5.91 Å². The van der Waals surface area contributed by atoms with Gasteiger partial charge in [0, 0.05) is 16.5 Å². The summed E-state index contributed by atoms with van der Waals surface area (Å²) >= 11 is 7.60. The number of amides is 2. The Morgan fingerprint density at radius 3 is 2.61 bits per heavy atom. The third kappa shape index (κ3) is 5.96. The van der Waals surface area contributed by atoms with E-state index < -0.39 is 11.8 Å². The van der Waals surface area contributed by atoms with E-state index in [2.05, 4.69) is 15.8 Å². The second-order valence-corrected chi connectivity index (χ2v) is 8.10. The molecule has 2 amide bonds. The van der Waals surface area contributed by atoms with Crippen molar-refractivity contribution in [2.75, 3.05) is 7.11 Å². The Morgan fingerprint density at radius 2 is 1.90 bits per heavy atom. The van der Waals surface area contributed by atoms with Crippen molar-refractivity contribution >= 4 is 34.8 Å². The van der Waals surface area contributed by atoms with Gasteiger partial charge in [-0.1, -0.05) is 29.8 Å². The Morgan fingerprint density at radius 1 is 1.13 bits per heavy atom. The Bertz CT molecular complexity index is 1080. The van der Waals surface area contributed by atoms with Crippen LogP contribution in [0.2, 0.25) is 5.02 Å². The summed E-state index contributed by atoms with van der Waals surface area (Å²) in [4.78, 5) is 29.1. The van der Waals surface area contributed by atoms with Crippen LogP contribution in [-0.4, -0.2) is 30.0 Å². The number of hydrogen-bond donors (Lipinski definition) is 2. The van der Waals surface area contributed by atoms with E-state index in [1.165, 1.54) is 18.4 Å². The minimum absolute atomic E-state index is 0.0196. The number of hydrogen-bond acceptors (Lipinski definition) is 6. The Balaban J connectivity index is 1.57. The highest BCUT2D eigenvalue weighted by molar-refractivity contribution is 7.13. The van der Waals surface area contributed by atoms with Crippen molar-refractivity contribution in [3.05, 3.63) is 64.1 Å². The van der Waals surface area contributed by atoms with Crippen LogP contribution in [0.15, 0.2) is 47.8 Å². The summed E-state index contributed by atoms with van der Waals surface area (Å²) in [6, 6.07) is 12.2. The van der Waals surface area contributed by atoms with Crippen molar-refractivity contribution in [1.82, 2.24) is 15.8 Å². The molecule has 2 aromatic carbocycles. The summed E-state index contributed by atoms with van der Waals surface area (Å²) in [5.41, 5.74) is 6.52. The molecule has 0 saturated carbocycles. The first kappa shape index (κ1) is 22.6. The molecule has 0 spiro atoms. The summed E-state index contributed by atoms with van der Waals surface area (Å²) in [5.74, 6) is 0.104. The summed E-state index contributed by atoms with van der Waals surface area (Å²) in [5, 5.41) is 3.12. The predicted octanol–water partition coefficient (Wildman–Crippen LogP) is 4.26. The Labute approximate surface area is 189 Å². The van der Waals surface area contributed by atoms with Crippen molar-refractivity contribution in [2.45, 2.75) is 26.4 Å². The topological polar surface area (TPSA) is 89.6 Å². The van der Waals surface area contributed by atoms with Crippen molar-refractivity contribution < 1.29 is 19.1 Å². The summed E-state index contributed by atoms with van der Waals surface area (Å²) in [6.07, 6.45) is -0.0110. The van der Waals surface area contributed by atoms with Crippen molar-refractivity contribution in [3.63, 3.8) is 0 Å². The van der Waals surface area contributed by atoms with Gasteiger partial charge < -0.3 is 9.47 Å². The molecule has 2 N–H and O–H groups in total. The van der Waals surface area contributed by atoms with Crippen LogP contribution in [0, 0.1) is 0 Å².